The monoisotopic (exact) mass is 570 g/mol. The van der Waals surface area contributed by atoms with Gasteiger partial charge in [-0.2, -0.15) is 0 Å². The first-order chi connectivity index (χ1) is 21.5. The predicted molar refractivity (Wildman–Crippen MR) is 186 cm³/mol. The molecular weight excluding hydrogens is 532 g/mol. The minimum Gasteiger partial charge on any atom is -0.456 e. The second-order valence-corrected chi connectivity index (χ2v) is 14.0. The maximum atomic E-state index is 6.84. The van der Waals surface area contributed by atoms with E-state index in [4.69, 9.17) is 4.74 Å². The lowest BCUT2D eigenvalue weighted by Crippen LogP contribution is -2.17. The van der Waals surface area contributed by atoms with E-state index >= 15 is 0 Å². The van der Waals surface area contributed by atoms with Gasteiger partial charge in [0.15, 0.2) is 0 Å². The SMILES string of the molecule is CC(C)c1ccc(-c2ccc3c4c5c(ccc24)Oc2ccc(C4=CCC(C(C)C)C=C4)c4ccc(c-5c24)C2CC=C2C3)cc1. The van der Waals surface area contributed by atoms with Crippen LogP contribution in [0.1, 0.15) is 74.6 Å². The van der Waals surface area contributed by atoms with Crippen molar-refractivity contribution in [2.45, 2.75) is 58.8 Å². The predicted octanol–water partition coefficient (Wildman–Crippen LogP) is 12.1. The van der Waals surface area contributed by atoms with Crippen molar-refractivity contribution in [1.29, 1.82) is 0 Å². The molecule has 1 heterocycles. The van der Waals surface area contributed by atoms with Crippen LogP contribution < -0.4 is 4.74 Å². The van der Waals surface area contributed by atoms with Crippen LogP contribution in [-0.4, -0.2) is 0 Å². The molecule has 1 aliphatic heterocycles. The molecule has 0 amide bonds. The zero-order valence-electron chi connectivity index (χ0n) is 26.1. The van der Waals surface area contributed by atoms with Crippen molar-refractivity contribution >= 4 is 27.1 Å². The summed E-state index contributed by atoms with van der Waals surface area (Å²) >= 11 is 0. The Balaban J connectivity index is 1.32. The van der Waals surface area contributed by atoms with Crippen molar-refractivity contribution in [1.82, 2.24) is 0 Å². The highest BCUT2D eigenvalue weighted by Crippen LogP contribution is 2.58. The van der Waals surface area contributed by atoms with Gasteiger partial charge in [0.05, 0.1) is 0 Å². The summed E-state index contributed by atoms with van der Waals surface area (Å²) in [5, 5.41) is 5.27. The third-order valence-corrected chi connectivity index (χ3v) is 10.9. The minimum absolute atomic E-state index is 0.476. The smallest absolute Gasteiger partial charge is 0.135 e. The molecule has 0 saturated carbocycles. The molecule has 0 aromatic heterocycles. The lowest BCUT2D eigenvalue weighted by molar-refractivity contribution is 0.468. The molecule has 0 radical (unpaired) electrons. The van der Waals surface area contributed by atoms with E-state index in [-0.39, 0.29) is 0 Å². The van der Waals surface area contributed by atoms with Crippen molar-refractivity contribution in [3.8, 4) is 33.8 Å². The molecule has 0 spiro atoms. The Morgan fingerprint density at radius 1 is 0.682 bits per heavy atom. The Morgan fingerprint density at radius 2 is 1.45 bits per heavy atom. The summed E-state index contributed by atoms with van der Waals surface area (Å²) in [4.78, 5) is 0. The largest absolute Gasteiger partial charge is 0.456 e. The molecule has 5 aromatic carbocycles. The zero-order valence-corrected chi connectivity index (χ0v) is 26.1. The summed E-state index contributed by atoms with van der Waals surface area (Å²) in [7, 11) is 0. The maximum absolute atomic E-state index is 6.84. The highest BCUT2D eigenvalue weighted by molar-refractivity contribution is 6.17. The summed E-state index contributed by atoms with van der Waals surface area (Å²) in [5.41, 5.74) is 13.7. The molecule has 216 valence electrons. The standard InChI is InChI=1S/C43H38O/c1-24(2)26-5-9-28(10-6-26)32-16-14-31-23-30-13-15-34(30)37-18-17-36-33(29-11-7-27(8-12-29)25(3)4)19-21-38-41(36)42(37)43-39(44-38)22-20-35(32)40(31)43/h5-7,9-14,16-22,24-25,27,34H,8,15,23H2,1-4H3. The zero-order chi connectivity index (χ0) is 29.7. The average molecular weight is 571 g/mol. The third-order valence-electron chi connectivity index (χ3n) is 10.9. The molecule has 0 fully saturated rings. The normalized spacial score (nSPS) is 19.4. The topological polar surface area (TPSA) is 9.23 Å². The second kappa shape index (κ2) is 9.57. The van der Waals surface area contributed by atoms with E-state index in [9.17, 15) is 0 Å². The van der Waals surface area contributed by atoms with Gasteiger partial charge in [-0.25, -0.2) is 0 Å². The molecule has 2 atom stereocenters. The van der Waals surface area contributed by atoms with Crippen LogP contribution in [0.5, 0.6) is 11.5 Å². The summed E-state index contributed by atoms with van der Waals surface area (Å²) in [6, 6.07) is 27.8. The van der Waals surface area contributed by atoms with Gasteiger partial charge < -0.3 is 4.74 Å². The van der Waals surface area contributed by atoms with Gasteiger partial charge in [0.2, 0.25) is 0 Å². The van der Waals surface area contributed by atoms with Crippen LogP contribution in [0, 0.1) is 11.8 Å². The molecule has 0 bridgehead atoms. The molecule has 2 unspecified atom stereocenters. The number of fused-ring (bicyclic) bond motifs is 2. The van der Waals surface area contributed by atoms with Crippen molar-refractivity contribution in [3.63, 3.8) is 0 Å². The highest BCUT2D eigenvalue weighted by Gasteiger charge is 2.35. The lowest BCUT2D eigenvalue weighted by atomic mass is 9.69. The molecule has 44 heavy (non-hydrogen) atoms. The van der Waals surface area contributed by atoms with Gasteiger partial charge in [0.1, 0.15) is 11.5 Å². The Bertz CT molecular complexity index is 2120. The molecule has 9 rings (SSSR count). The first-order valence-corrected chi connectivity index (χ1v) is 16.5. The molecule has 5 aromatic rings. The Kier molecular flexibility index (Phi) is 5.67. The van der Waals surface area contributed by atoms with Gasteiger partial charge in [-0.15, -0.1) is 0 Å². The molecule has 0 N–H and O–H groups in total. The third kappa shape index (κ3) is 3.71. The van der Waals surface area contributed by atoms with E-state index in [0.717, 1.165) is 30.8 Å². The van der Waals surface area contributed by atoms with E-state index in [1.165, 1.54) is 71.6 Å². The number of ether oxygens (including phenoxy) is 1. The Labute approximate surface area is 260 Å². The van der Waals surface area contributed by atoms with Crippen LogP contribution in [-0.2, 0) is 6.42 Å². The molecule has 0 saturated heterocycles. The van der Waals surface area contributed by atoms with Gasteiger partial charge in [0, 0.05) is 22.4 Å². The number of allylic oxidation sites excluding steroid dienone is 6. The quantitative estimate of drug-likeness (QED) is 0.192. The minimum atomic E-state index is 0.476. The molecular formula is C43H38O. The van der Waals surface area contributed by atoms with E-state index in [1.807, 2.05) is 0 Å². The first-order valence-electron chi connectivity index (χ1n) is 16.5. The lowest BCUT2D eigenvalue weighted by Gasteiger charge is -2.36. The van der Waals surface area contributed by atoms with Crippen LogP contribution in [0.15, 0.2) is 103 Å². The Morgan fingerprint density at radius 3 is 2.18 bits per heavy atom. The molecule has 4 aliphatic rings. The number of benzene rings is 5. The second-order valence-electron chi connectivity index (χ2n) is 14.0. The summed E-state index contributed by atoms with van der Waals surface area (Å²) in [6.45, 7) is 9.17. The fourth-order valence-electron chi connectivity index (χ4n) is 8.20. The molecule has 1 heteroatoms. The maximum Gasteiger partial charge on any atom is 0.135 e. The summed E-state index contributed by atoms with van der Waals surface area (Å²) in [5.74, 6) is 4.24. The van der Waals surface area contributed by atoms with Gasteiger partial charge >= 0.3 is 0 Å². The average Bonchev–Trinajstić information content (AvgIpc) is 3.03. The van der Waals surface area contributed by atoms with Gasteiger partial charge in [0.25, 0.3) is 0 Å². The first kappa shape index (κ1) is 26.1. The Hall–Kier alpha value is -4.36. The van der Waals surface area contributed by atoms with Crippen LogP contribution in [0.25, 0.3) is 49.4 Å². The number of rotatable bonds is 4. The highest BCUT2D eigenvalue weighted by atomic mass is 16.5. The fourth-order valence-corrected chi connectivity index (χ4v) is 8.20. The van der Waals surface area contributed by atoms with Crippen LogP contribution >= 0.6 is 0 Å². The van der Waals surface area contributed by atoms with Gasteiger partial charge in [-0.1, -0.05) is 112 Å². The van der Waals surface area contributed by atoms with E-state index in [1.54, 1.807) is 5.57 Å². The van der Waals surface area contributed by atoms with Crippen molar-refractivity contribution in [3.05, 3.63) is 125 Å². The van der Waals surface area contributed by atoms with Crippen LogP contribution in [0.4, 0.5) is 0 Å². The number of hydrogen-bond donors (Lipinski definition) is 0. The number of hydrogen-bond acceptors (Lipinski definition) is 1. The summed E-state index contributed by atoms with van der Waals surface area (Å²) in [6.07, 6.45) is 12.9. The van der Waals surface area contributed by atoms with E-state index in [0.29, 0.717) is 23.7 Å². The van der Waals surface area contributed by atoms with Crippen LogP contribution in [0.3, 0.4) is 0 Å². The molecule has 1 nitrogen and oxygen atoms in total. The van der Waals surface area contributed by atoms with E-state index in [2.05, 4.69) is 125 Å². The van der Waals surface area contributed by atoms with E-state index < -0.39 is 0 Å². The van der Waals surface area contributed by atoms with Gasteiger partial charge in [-0.05, 0) is 110 Å². The fraction of sp³-hybridized carbons (Fsp3) is 0.256. The van der Waals surface area contributed by atoms with Crippen LogP contribution in [0.2, 0.25) is 0 Å². The van der Waals surface area contributed by atoms with Crippen molar-refractivity contribution in [2.75, 3.05) is 0 Å². The molecule has 3 aliphatic carbocycles. The van der Waals surface area contributed by atoms with Gasteiger partial charge in [-0.3, -0.25) is 0 Å². The van der Waals surface area contributed by atoms with Crippen molar-refractivity contribution in [2.24, 2.45) is 11.8 Å². The summed E-state index contributed by atoms with van der Waals surface area (Å²) < 4.78 is 6.84. The van der Waals surface area contributed by atoms with Crippen molar-refractivity contribution < 1.29 is 4.74 Å².